The third kappa shape index (κ3) is 8.55. The first-order valence-electron chi connectivity index (χ1n) is 7.95. The molecule has 0 atom stereocenters. The van der Waals surface area contributed by atoms with Crippen LogP contribution in [0.3, 0.4) is 0 Å². The third-order valence-electron chi connectivity index (χ3n) is 3.44. The molecule has 0 heterocycles. The summed E-state index contributed by atoms with van der Waals surface area (Å²) < 4.78 is 18.5. The average molecular weight is 383 g/mol. The zero-order chi connectivity index (χ0) is 14.7. The molecule has 0 rings (SSSR count). The Morgan fingerprint density at radius 3 is 0.895 bits per heavy atom. The molecule has 19 heavy (non-hydrogen) atoms. The molecule has 0 spiro atoms. The first-order chi connectivity index (χ1) is 9.14. The normalized spacial score (nSPS) is 12.3. The molecule has 0 unspecified atom stereocenters. The molecule has 0 aliphatic heterocycles. The molecular weight excluding hydrogens is 350 g/mol. The molecule has 0 aromatic heterocycles. The van der Waals surface area contributed by atoms with Crippen molar-refractivity contribution in [2.24, 2.45) is 0 Å². The SMILES string of the molecule is CCC(CC)[O][Sb]([O]C(CC)CC)[O]C(CC)CC. The van der Waals surface area contributed by atoms with E-state index in [0.717, 1.165) is 38.5 Å². The molecule has 116 valence electrons. The van der Waals surface area contributed by atoms with Gasteiger partial charge in [0.2, 0.25) is 0 Å². The first-order valence-corrected chi connectivity index (χ1v) is 11.1. The molecule has 0 saturated heterocycles. The summed E-state index contributed by atoms with van der Waals surface area (Å²) in [6.07, 6.45) is 7.12. The standard InChI is InChI=1S/3C5H11O.Sb/c3*1-3-5(6)4-2;/h3*5H,3-4H2,1-2H3;/q3*-1;+3. The van der Waals surface area contributed by atoms with Gasteiger partial charge in [0.15, 0.2) is 0 Å². The van der Waals surface area contributed by atoms with E-state index in [2.05, 4.69) is 41.5 Å². The Bertz CT molecular complexity index is 157. The van der Waals surface area contributed by atoms with Crippen molar-refractivity contribution in [3.8, 4) is 0 Å². The van der Waals surface area contributed by atoms with Gasteiger partial charge in [0.1, 0.15) is 0 Å². The Balaban J connectivity index is 4.51. The van der Waals surface area contributed by atoms with Gasteiger partial charge < -0.3 is 0 Å². The maximum absolute atomic E-state index is 6.16. The fourth-order valence-corrected chi connectivity index (χ4v) is 6.82. The second-order valence-electron chi connectivity index (χ2n) is 4.86. The van der Waals surface area contributed by atoms with Crippen LogP contribution in [0.5, 0.6) is 0 Å². The van der Waals surface area contributed by atoms with Gasteiger partial charge in [-0.3, -0.25) is 0 Å². The fourth-order valence-electron chi connectivity index (χ4n) is 1.75. The van der Waals surface area contributed by atoms with E-state index in [1.54, 1.807) is 0 Å². The van der Waals surface area contributed by atoms with E-state index >= 15 is 0 Å². The molecule has 0 aromatic rings. The van der Waals surface area contributed by atoms with Crippen molar-refractivity contribution in [3.05, 3.63) is 0 Å². The van der Waals surface area contributed by atoms with E-state index in [1.165, 1.54) is 0 Å². The van der Waals surface area contributed by atoms with Crippen molar-refractivity contribution in [2.45, 2.75) is 98.4 Å². The summed E-state index contributed by atoms with van der Waals surface area (Å²) in [5.74, 6) is 0. The number of rotatable bonds is 12. The monoisotopic (exact) mass is 382 g/mol. The van der Waals surface area contributed by atoms with Gasteiger partial charge in [0, 0.05) is 0 Å². The van der Waals surface area contributed by atoms with Crippen LogP contribution in [-0.2, 0) is 9.05 Å². The number of hydrogen-bond donors (Lipinski definition) is 0. The summed E-state index contributed by atoms with van der Waals surface area (Å²) in [6.45, 7) is 13.0. The van der Waals surface area contributed by atoms with Gasteiger partial charge in [-0.2, -0.15) is 0 Å². The first kappa shape index (κ1) is 19.7. The van der Waals surface area contributed by atoms with Crippen LogP contribution >= 0.6 is 0 Å². The van der Waals surface area contributed by atoms with Gasteiger partial charge in [-0.15, -0.1) is 0 Å². The van der Waals surface area contributed by atoms with Crippen LogP contribution in [0.25, 0.3) is 0 Å². The van der Waals surface area contributed by atoms with Gasteiger partial charge in [-0.05, 0) is 0 Å². The van der Waals surface area contributed by atoms with Gasteiger partial charge in [0.05, 0.1) is 0 Å². The molecule has 0 radical (unpaired) electrons. The van der Waals surface area contributed by atoms with Crippen molar-refractivity contribution in [1.29, 1.82) is 0 Å². The molecule has 0 saturated carbocycles. The van der Waals surface area contributed by atoms with Crippen LogP contribution in [0.1, 0.15) is 80.1 Å². The Morgan fingerprint density at radius 2 is 0.737 bits per heavy atom. The van der Waals surface area contributed by atoms with Crippen molar-refractivity contribution in [1.82, 2.24) is 0 Å². The molecule has 0 aliphatic carbocycles. The van der Waals surface area contributed by atoms with Gasteiger partial charge in [-0.25, -0.2) is 0 Å². The zero-order valence-corrected chi connectivity index (χ0v) is 16.2. The summed E-state index contributed by atoms with van der Waals surface area (Å²) in [5, 5.41) is 0. The summed E-state index contributed by atoms with van der Waals surface area (Å²) >= 11 is -2.49. The predicted molar refractivity (Wildman–Crippen MR) is 82.1 cm³/mol. The average Bonchev–Trinajstić information content (AvgIpc) is 2.46. The summed E-state index contributed by atoms with van der Waals surface area (Å²) in [5.41, 5.74) is 0. The van der Waals surface area contributed by atoms with Crippen LogP contribution in [-0.4, -0.2) is 39.8 Å². The zero-order valence-electron chi connectivity index (χ0n) is 13.6. The van der Waals surface area contributed by atoms with Crippen molar-refractivity contribution < 1.29 is 9.05 Å². The minimum atomic E-state index is -2.49. The predicted octanol–water partition coefficient (Wildman–Crippen LogP) is 4.59. The second-order valence-corrected chi connectivity index (χ2v) is 7.94. The summed E-state index contributed by atoms with van der Waals surface area (Å²) in [6, 6.07) is 0. The molecule has 0 fully saturated rings. The van der Waals surface area contributed by atoms with E-state index in [-0.39, 0.29) is 0 Å². The fraction of sp³-hybridized carbons (Fsp3) is 1.00. The van der Waals surface area contributed by atoms with Crippen LogP contribution in [0.15, 0.2) is 0 Å². The van der Waals surface area contributed by atoms with Crippen LogP contribution in [0, 0.1) is 0 Å². The van der Waals surface area contributed by atoms with Gasteiger partial charge in [-0.1, -0.05) is 0 Å². The van der Waals surface area contributed by atoms with Gasteiger partial charge >= 0.3 is 129 Å². The molecule has 0 N–H and O–H groups in total. The van der Waals surface area contributed by atoms with E-state index in [1.807, 2.05) is 0 Å². The van der Waals surface area contributed by atoms with Crippen LogP contribution in [0.4, 0.5) is 0 Å². The number of hydrogen-bond acceptors (Lipinski definition) is 3. The Hall–Kier alpha value is 0.698. The van der Waals surface area contributed by atoms with E-state index < -0.39 is 21.5 Å². The van der Waals surface area contributed by atoms with Crippen LogP contribution in [0.2, 0.25) is 0 Å². The van der Waals surface area contributed by atoms with Crippen molar-refractivity contribution >= 4 is 21.5 Å². The molecule has 0 amide bonds. The van der Waals surface area contributed by atoms with Crippen molar-refractivity contribution in [2.75, 3.05) is 0 Å². The van der Waals surface area contributed by atoms with Gasteiger partial charge in [0.25, 0.3) is 0 Å². The molecule has 3 nitrogen and oxygen atoms in total. The summed E-state index contributed by atoms with van der Waals surface area (Å²) in [4.78, 5) is 0. The molecular formula is C15H33O3Sb. The Labute approximate surface area is 129 Å². The van der Waals surface area contributed by atoms with Crippen molar-refractivity contribution in [3.63, 3.8) is 0 Å². The van der Waals surface area contributed by atoms with E-state index in [9.17, 15) is 0 Å². The molecule has 0 aliphatic rings. The molecule has 4 heteroatoms. The van der Waals surface area contributed by atoms with E-state index in [0.29, 0.717) is 18.3 Å². The van der Waals surface area contributed by atoms with Crippen LogP contribution < -0.4 is 0 Å². The second kappa shape index (κ2) is 12.4. The maximum atomic E-state index is 6.16. The Morgan fingerprint density at radius 1 is 0.526 bits per heavy atom. The minimum absolute atomic E-state index is 0.298. The Kier molecular flexibility index (Phi) is 12.9. The van der Waals surface area contributed by atoms with E-state index in [4.69, 9.17) is 9.05 Å². The quantitative estimate of drug-likeness (QED) is 0.462. The summed E-state index contributed by atoms with van der Waals surface area (Å²) in [7, 11) is 0. The molecule has 0 bridgehead atoms. The topological polar surface area (TPSA) is 27.7 Å². The molecule has 0 aromatic carbocycles. The third-order valence-corrected chi connectivity index (χ3v) is 7.46.